The molecule has 0 unspecified atom stereocenters. The molecule has 1 spiro atoms. The minimum atomic E-state index is -0.998. The number of ether oxygens (including phenoxy) is 2. The van der Waals surface area contributed by atoms with Gasteiger partial charge in [-0.3, -0.25) is 4.79 Å². The van der Waals surface area contributed by atoms with Gasteiger partial charge in [-0.1, -0.05) is 66.7 Å². The third kappa shape index (κ3) is 2.07. The summed E-state index contributed by atoms with van der Waals surface area (Å²) in [6.45, 7) is 2.05. The first kappa shape index (κ1) is 15.4. The molecule has 128 valence electrons. The SMILES string of the molecule is Cc1ccccc1[C@@H]1O[C@@]12C(=O)c1ccccc1O[C@H]2c1ccccc1. The maximum atomic E-state index is 13.5. The summed E-state index contributed by atoms with van der Waals surface area (Å²) in [5.74, 6) is 0.623. The van der Waals surface area contributed by atoms with E-state index in [4.69, 9.17) is 9.47 Å². The molecule has 3 heteroatoms. The third-order valence-electron chi connectivity index (χ3n) is 5.34. The number of ketones is 1. The van der Waals surface area contributed by atoms with Crippen molar-refractivity contribution in [1.82, 2.24) is 0 Å². The number of aryl methyl sites for hydroxylation is 1. The van der Waals surface area contributed by atoms with Crippen molar-refractivity contribution < 1.29 is 14.3 Å². The number of carbonyl (C=O) groups is 1. The summed E-state index contributed by atoms with van der Waals surface area (Å²) < 4.78 is 12.5. The van der Waals surface area contributed by atoms with Gasteiger partial charge in [-0.15, -0.1) is 0 Å². The number of Topliss-reactive ketones (excluding diaryl/α,β-unsaturated/α-hetero) is 1. The molecule has 3 atom stereocenters. The van der Waals surface area contributed by atoms with E-state index in [2.05, 4.69) is 0 Å². The molecule has 0 saturated carbocycles. The molecule has 3 nitrogen and oxygen atoms in total. The molecule has 0 amide bonds. The second-order valence-electron chi connectivity index (χ2n) is 6.88. The van der Waals surface area contributed by atoms with E-state index in [0.29, 0.717) is 11.3 Å². The molecule has 2 aliphatic heterocycles. The minimum absolute atomic E-state index is 0.00135. The van der Waals surface area contributed by atoms with E-state index < -0.39 is 11.7 Å². The van der Waals surface area contributed by atoms with Crippen LogP contribution in [0.5, 0.6) is 5.75 Å². The van der Waals surface area contributed by atoms with E-state index in [1.807, 2.05) is 85.8 Å². The van der Waals surface area contributed by atoms with Crippen LogP contribution in [0.1, 0.15) is 39.3 Å². The zero-order valence-electron chi connectivity index (χ0n) is 14.4. The van der Waals surface area contributed by atoms with Gasteiger partial charge in [-0.2, -0.15) is 0 Å². The van der Waals surface area contributed by atoms with Crippen LogP contribution in [0, 0.1) is 6.92 Å². The molecule has 0 N–H and O–H groups in total. The second-order valence-corrected chi connectivity index (χ2v) is 6.88. The summed E-state index contributed by atoms with van der Waals surface area (Å²) in [5, 5.41) is 0. The Labute approximate surface area is 152 Å². The number of benzene rings is 3. The molecule has 0 bridgehead atoms. The van der Waals surface area contributed by atoms with Crippen molar-refractivity contribution in [2.24, 2.45) is 0 Å². The lowest BCUT2D eigenvalue weighted by atomic mass is 9.80. The first-order chi connectivity index (χ1) is 12.7. The molecule has 3 aromatic rings. The number of hydrogen-bond donors (Lipinski definition) is 0. The van der Waals surface area contributed by atoms with Crippen LogP contribution in [-0.4, -0.2) is 11.4 Å². The van der Waals surface area contributed by atoms with Crippen molar-refractivity contribution in [2.45, 2.75) is 24.7 Å². The van der Waals surface area contributed by atoms with Crippen LogP contribution < -0.4 is 4.74 Å². The van der Waals surface area contributed by atoms with Crippen LogP contribution in [0.3, 0.4) is 0 Å². The van der Waals surface area contributed by atoms with E-state index in [1.165, 1.54) is 0 Å². The summed E-state index contributed by atoms with van der Waals surface area (Å²) >= 11 is 0. The predicted octanol–water partition coefficient (Wildman–Crippen LogP) is 4.82. The lowest BCUT2D eigenvalue weighted by Crippen LogP contribution is -2.40. The summed E-state index contributed by atoms with van der Waals surface area (Å²) in [6, 6.07) is 25.3. The first-order valence-corrected chi connectivity index (χ1v) is 8.80. The van der Waals surface area contributed by atoms with Gasteiger partial charge in [0.05, 0.1) is 5.56 Å². The molecular weight excluding hydrogens is 324 g/mol. The Morgan fingerprint density at radius 3 is 2.31 bits per heavy atom. The van der Waals surface area contributed by atoms with Crippen LogP contribution >= 0.6 is 0 Å². The molecule has 1 fully saturated rings. The average molecular weight is 342 g/mol. The van der Waals surface area contributed by atoms with Gasteiger partial charge >= 0.3 is 0 Å². The van der Waals surface area contributed by atoms with Gasteiger partial charge in [0.25, 0.3) is 0 Å². The van der Waals surface area contributed by atoms with Crippen molar-refractivity contribution >= 4 is 5.78 Å². The molecule has 0 radical (unpaired) electrons. The van der Waals surface area contributed by atoms with Crippen LogP contribution in [-0.2, 0) is 4.74 Å². The third-order valence-corrected chi connectivity index (χ3v) is 5.34. The fourth-order valence-corrected chi connectivity index (χ4v) is 3.95. The Morgan fingerprint density at radius 1 is 0.808 bits per heavy atom. The number of para-hydroxylation sites is 1. The van der Waals surface area contributed by atoms with Crippen molar-refractivity contribution in [2.75, 3.05) is 0 Å². The Kier molecular flexibility index (Phi) is 3.28. The number of carbonyl (C=O) groups excluding carboxylic acids is 1. The predicted molar refractivity (Wildman–Crippen MR) is 98.3 cm³/mol. The van der Waals surface area contributed by atoms with E-state index in [9.17, 15) is 4.79 Å². The van der Waals surface area contributed by atoms with E-state index in [1.54, 1.807) is 0 Å². The largest absolute Gasteiger partial charge is 0.481 e. The molecule has 2 heterocycles. The maximum Gasteiger partial charge on any atom is 0.205 e. The van der Waals surface area contributed by atoms with E-state index in [-0.39, 0.29) is 11.9 Å². The Balaban J connectivity index is 1.67. The fourth-order valence-electron chi connectivity index (χ4n) is 3.95. The van der Waals surface area contributed by atoms with Crippen molar-refractivity contribution in [3.05, 3.63) is 101 Å². The van der Waals surface area contributed by atoms with Crippen molar-refractivity contribution in [3.63, 3.8) is 0 Å². The van der Waals surface area contributed by atoms with E-state index >= 15 is 0 Å². The molecule has 5 rings (SSSR count). The van der Waals surface area contributed by atoms with E-state index in [0.717, 1.165) is 16.7 Å². The lowest BCUT2D eigenvalue weighted by Gasteiger charge is -2.31. The summed E-state index contributed by atoms with van der Waals surface area (Å²) in [5.41, 5.74) is 2.71. The Morgan fingerprint density at radius 2 is 1.50 bits per heavy atom. The van der Waals surface area contributed by atoms with Gasteiger partial charge in [0.15, 0.2) is 6.10 Å². The Bertz CT molecular complexity index is 995. The molecule has 3 aromatic carbocycles. The highest BCUT2D eigenvalue weighted by atomic mass is 16.6. The zero-order chi connectivity index (χ0) is 17.7. The van der Waals surface area contributed by atoms with Crippen molar-refractivity contribution in [3.8, 4) is 5.75 Å². The van der Waals surface area contributed by atoms with Crippen molar-refractivity contribution in [1.29, 1.82) is 0 Å². The average Bonchev–Trinajstić information content (AvgIpc) is 3.42. The second kappa shape index (κ2) is 5.55. The van der Waals surface area contributed by atoms with Crippen LogP contribution in [0.25, 0.3) is 0 Å². The molecule has 0 aliphatic carbocycles. The molecule has 0 aromatic heterocycles. The highest BCUT2D eigenvalue weighted by molar-refractivity contribution is 6.08. The highest BCUT2D eigenvalue weighted by Crippen LogP contribution is 2.62. The monoisotopic (exact) mass is 342 g/mol. The topological polar surface area (TPSA) is 38.8 Å². The van der Waals surface area contributed by atoms with Gasteiger partial charge in [-0.05, 0) is 35.7 Å². The minimum Gasteiger partial charge on any atom is -0.481 e. The molecular formula is C23H18O3. The maximum absolute atomic E-state index is 13.5. The quantitative estimate of drug-likeness (QED) is 0.627. The number of fused-ring (bicyclic) bond motifs is 1. The molecule has 26 heavy (non-hydrogen) atoms. The van der Waals surface area contributed by atoms with Gasteiger partial charge in [-0.25, -0.2) is 0 Å². The normalized spacial score (nSPS) is 26.3. The number of hydrogen-bond acceptors (Lipinski definition) is 3. The first-order valence-electron chi connectivity index (χ1n) is 8.80. The summed E-state index contributed by atoms with van der Waals surface area (Å²) in [6.07, 6.45) is -0.759. The molecule has 1 saturated heterocycles. The number of rotatable bonds is 2. The fraction of sp³-hybridized carbons (Fsp3) is 0.174. The van der Waals surface area contributed by atoms with Crippen LogP contribution in [0.15, 0.2) is 78.9 Å². The highest BCUT2D eigenvalue weighted by Gasteiger charge is 2.71. The lowest BCUT2D eigenvalue weighted by molar-refractivity contribution is 0.0523. The Hall–Kier alpha value is -2.91. The van der Waals surface area contributed by atoms with Gasteiger partial charge < -0.3 is 9.47 Å². The van der Waals surface area contributed by atoms with Gasteiger partial charge in [0, 0.05) is 0 Å². The van der Waals surface area contributed by atoms with Crippen LogP contribution in [0.4, 0.5) is 0 Å². The van der Waals surface area contributed by atoms with Crippen LogP contribution in [0.2, 0.25) is 0 Å². The smallest absolute Gasteiger partial charge is 0.205 e. The molecule has 2 aliphatic rings. The summed E-state index contributed by atoms with van der Waals surface area (Å²) in [7, 11) is 0. The number of epoxide rings is 1. The van der Waals surface area contributed by atoms with Gasteiger partial charge in [0.1, 0.15) is 11.9 Å². The van der Waals surface area contributed by atoms with Gasteiger partial charge in [0.2, 0.25) is 11.4 Å². The summed E-state index contributed by atoms with van der Waals surface area (Å²) in [4.78, 5) is 13.5. The zero-order valence-corrected chi connectivity index (χ0v) is 14.4. The standard InChI is InChI=1S/C23H18O3/c1-15-9-5-6-12-17(15)22-23(26-22)20(24)18-13-7-8-14-19(18)25-21(23)16-10-3-2-4-11-16/h2-14,21-22H,1H3/t21-,22-,23+/m0/s1.